The zero-order valence-electron chi connectivity index (χ0n) is 13.2. The van der Waals surface area contributed by atoms with Gasteiger partial charge in [0.25, 0.3) is 0 Å². The van der Waals surface area contributed by atoms with Crippen molar-refractivity contribution in [3.05, 3.63) is 0 Å². The van der Waals surface area contributed by atoms with E-state index in [2.05, 4.69) is 24.2 Å². The van der Waals surface area contributed by atoms with Crippen molar-refractivity contribution in [1.82, 2.24) is 15.2 Å². The average Bonchev–Trinajstić information content (AvgIpc) is 2.50. The molecule has 21 heavy (non-hydrogen) atoms. The van der Waals surface area contributed by atoms with Crippen molar-refractivity contribution >= 4 is 11.8 Å². The van der Waals surface area contributed by atoms with E-state index in [9.17, 15) is 9.59 Å². The highest BCUT2D eigenvalue weighted by Crippen LogP contribution is 2.23. The number of amides is 2. The van der Waals surface area contributed by atoms with E-state index in [1.807, 2.05) is 4.90 Å². The summed E-state index contributed by atoms with van der Waals surface area (Å²) in [6.07, 6.45) is 2.59. The van der Waals surface area contributed by atoms with E-state index in [1.54, 1.807) is 0 Å². The van der Waals surface area contributed by atoms with Crippen LogP contribution in [-0.4, -0.2) is 54.3 Å². The summed E-state index contributed by atoms with van der Waals surface area (Å²) in [6.45, 7) is 8.43. The van der Waals surface area contributed by atoms with Crippen molar-refractivity contribution in [2.45, 2.75) is 33.1 Å². The third kappa shape index (κ3) is 4.17. The Kier molecular flexibility index (Phi) is 5.58. The fourth-order valence-electron chi connectivity index (χ4n) is 3.29. The first kappa shape index (κ1) is 16.2. The first-order valence-corrected chi connectivity index (χ1v) is 8.01. The Morgan fingerprint density at radius 2 is 1.76 bits per heavy atom. The Bertz CT molecular complexity index is 380. The molecule has 2 aliphatic heterocycles. The Balaban J connectivity index is 1.76. The van der Waals surface area contributed by atoms with E-state index < -0.39 is 0 Å². The number of nitrogens with zero attached hydrogens (tertiary/aromatic N) is 2. The summed E-state index contributed by atoms with van der Waals surface area (Å²) in [7, 11) is 0. The lowest BCUT2D eigenvalue weighted by molar-refractivity contribution is -0.137. The van der Waals surface area contributed by atoms with Gasteiger partial charge in [0.2, 0.25) is 11.8 Å². The minimum absolute atomic E-state index is 0.0464. The summed E-state index contributed by atoms with van der Waals surface area (Å²) in [6, 6.07) is 0. The molecule has 0 aromatic carbocycles. The Hall–Kier alpha value is -1.14. The number of carbonyl (C=O) groups excluding carboxylic acids is 2. The molecule has 3 N–H and O–H groups in total. The standard InChI is InChI=1S/C15H28N4O2/c1-11-3-6-18(9-12(11)2)10-14(20)19-7-4-13(5-8-19)15(21)17-16/h11-13H,3-10,16H2,1-2H3,(H,17,21). The van der Waals surface area contributed by atoms with Crippen LogP contribution >= 0.6 is 0 Å². The van der Waals surface area contributed by atoms with E-state index >= 15 is 0 Å². The average molecular weight is 296 g/mol. The Labute approximate surface area is 127 Å². The molecular weight excluding hydrogens is 268 g/mol. The second-order valence-electron chi connectivity index (χ2n) is 6.64. The second-order valence-corrected chi connectivity index (χ2v) is 6.64. The third-order valence-electron chi connectivity index (χ3n) is 5.14. The van der Waals surface area contributed by atoms with Gasteiger partial charge in [0, 0.05) is 25.6 Å². The number of hydrogen-bond acceptors (Lipinski definition) is 4. The minimum atomic E-state index is -0.110. The van der Waals surface area contributed by atoms with Crippen LogP contribution in [0.2, 0.25) is 0 Å². The van der Waals surface area contributed by atoms with Gasteiger partial charge in [-0.2, -0.15) is 0 Å². The monoisotopic (exact) mass is 296 g/mol. The van der Waals surface area contributed by atoms with Crippen molar-refractivity contribution in [2.75, 3.05) is 32.7 Å². The maximum absolute atomic E-state index is 12.4. The summed E-state index contributed by atoms with van der Waals surface area (Å²) in [5.41, 5.74) is 2.20. The molecule has 0 bridgehead atoms. The van der Waals surface area contributed by atoms with Gasteiger partial charge < -0.3 is 4.90 Å². The van der Waals surface area contributed by atoms with Gasteiger partial charge in [0.15, 0.2) is 0 Å². The van der Waals surface area contributed by atoms with E-state index in [-0.39, 0.29) is 17.7 Å². The van der Waals surface area contributed by atoms with E-state index in [0.29, 0.717) is 38.4 Å². The van der Waals surface area contributed by atoms with Gasteiger partial charge in [-0.25, -0.2) is 5.84 Å². The predicted molar refractivity (Wildman–Crippen MR) is 81.0 cm³/mol. The number of piperidine rings is 2. The summed E-state index contributed by atoms with van der Waals surface area (Å²) in [5.74, 6) is 6.61. The molecule has 2 fully saturated rings. The highest BCUT2D eigenvalue weighted by Gasteiger charge is 2.29. The van der Waals surface area contributed by atoms with Gasteiger partial charge in [0.05, 0.1) is 6.54 Å². The summed E-state index contributed by atoms with van der Waals surface area (Å²) in [5, 5.41) is 0. The van der Waals surface area contributed by atoms with Crippen LogP contribution in [0.25, 0.3) is 0 Å². The zero-order valence-corrected chi connectivity index (χ0v) is 13.2. The van der Waals surface area contributed by atoms with Crippen LogP contribution in [0, 0.1) is 17.8 Å². The molecule has 6 nitrogen and oxygen atoms in total. The predicted octanol–water partition coefficient (Wildman–Crippen LogP) is 0.193. The number of hydrazine groups is 1. The summed E-state index contributed by atoms with van der Waals surface area (Å²) < 4.78 is 0. The number of nitrogens with one attached hydrogen (secondary N) is 1. The molecule has 2 atom stereocenters. The summed E-state index contributed by atoms with van der Waals surface area (Å²) in [4.78, 5) is 28.0. The topological polar surface area (TPSA) is 78.7 Å². The lowest BCUT2D eigenvalue weighted by atomic mass is 9.89. The molecule has 0 aliphatic carbocycles. The molecule has 0 saturated carbocycles. The third-order valence-corrected chi connectivity index (χ3v) is 5.14. The molecule has 0 aromatic rings. The SMILES string of the molecule is CC1CCN(CC(=O)N2CCC(C(=O)NN)CC2)CC1C. The van der Waals surface area contributed by atoms with Crippen LogP contribution < -0.4 is 11.3 Å². The normalized spacial score (nSPS) is 28.4. The Morgan fingerprint density at radius 1 is 1.10 bits per heavy atom. The largest absolute Gasteiger partial charge is 0.342 e. The van der Waals surface area contributed by atoms with Gasteiger partial charge in [-0.05, 0) is 37.6 Å². The number of likely N-dealkylation sites (tertiary alicyclic amines) is 2. The van der Waals surface area contributed by atoms with Gasteiger partial charge in [-0.1, -0.05) is 13.8 Å². The Morgan fingerprint density at radius 3 is 2.33 bits per heavy atom. The van der Waals surface area contributed by atoms with E-state index in [0.717, 1.165) is 19.0 Å². The van der Waals surface area contributed by atoms with Gasteiger partial charge in [-0.15, -0.1) is 0 Å². The summed E-state index contributed by atoms with van der Waals surface area (Å²) >= 11 is 0. The lowest BCUT2D eigenvalue weighted by Crippen LogP contribution is -2.49. The van der Waals surface area contributed by atoms with Gasteiger partial charge in [-0.3, -0.25) is 19.9 Å². The molecule has 0 radical (unpaired) electrons. The van der Waals surface area contributed by atoms with Crippen LogP contribution in [0.4, 0.5) is 0 Å². The molecule has 2 unspecified atom stereocenters. The smallest absolute Gasteiger partial charge is 0.237 e. The maximum atomic E-state index is 12.4. The van der Waals surface area contributed by atoms with Crippen LogP contribution in [0.1, 0.15) is 33.1 Å². The van der Waals surface area contributed by atoms with Gasteiger partial charge in [0.1, 0.15) is 0 Å². The molecule has 6 heteroatoms. The van der Waals surface area contributed by atoms with Crippen molar-refractivity contribution in [3.63, 3.8) is 0 Å². The molecule has 2 saturated heterocycles. The fourth-order valence-corrected chi connectivity index (χ4v) is 3.29. The van der Waals surface area contributed by atoms with Crippen LogP contribution in [-0.2, 0) is 9.59 Å². The highest BCUT2D eigenvalue weighted by molar-refractivity contribution is 5.80. The molecule has 0 spiro atoms. The molecule has 2 rings (SSSR count). The van der Waals surface area contributed by atoms with Crippen LogP contribution in [0.15, 0.2) is 0 Å². The lowest BCUT2D eigenvalue weighted by Gasteiger charge is -2.37. The highest BCUT2D eigenvalue weighted by atomic mass is 16.2. The van der Waals surface area contributed by atoms with Crippen molar-refractivity contribution < 1.29 is 9.59 Å². The van der Waals surface area contributed by atoms with Crippen LogP contribution in [0.3, 0.4) is 0 Å². The van der Waals surface area contributed by atoms with Crippen molar-refractivity contribution in [1.29, 1.82) is 0 Å². The number of nitrogens with two attached hydrogens (primary N) is 1. The molecule has 120 valence electrons. The maximum Gasteiger partial charge on any atom is 0.237 e. The zero-order chi connectivity index (χ0) is 15.4. The first-order chi connectivity index (χ1) is 10.0. The quantitative estimate of drug-likeness (QED) is 0.443. The molecule has 2 aliphatic rings. The fraction of sp³-hybridized carbons (Fsp3) is 0.867. The molecule has 0 aromatic heterocycles. The van der Waals surface area contributed by atoms with E-state index in [1.165, 1.54) is 6.42 Å². The minimum Gasteiger partial charge on any atom is -0.342 e. The first-order valence-electron chi connectivity index (χ1n) is 8.01. The number of carbonyl (C=O) groups is 2. The number of hydrogen-bond donors (Lipinski definition) is 2. The second kappa shape index (κ2) is 7.22. The van der Waals surface area contributed by atoms with Crippen molar-refractivity contribution in [3.8, 4) is 0 Å². The number of rotatable bonds is 3. The molecular formula is C15H28N4O2. The van der Waals surface area contributed by atoms with Gasteiger partial charge >= 0.3 is 0 Å². The van der Waals surface area contributed by atoms with E-state index in [4.69, 9.17) is 5.84 Å². The molecule has 2 heterocycles. The van der Waals surface area contributed by atoms with Crippen LogP contribution in [0.5, 0.6) is 0 Å². The molecule has 2 amide bonds. The van der Waals surface area contributed by atoms with Crippen molar-refractivity contribution in [2.24, 2.45) is 23.6 Å².